The molecule has 1 aliphatic heterocycles. The van der Waals surface area contributed by atoms with E-state index >= 15 is 0 Å². The van der Waals surface area contributed by atoms with Crippen LogP contribution in [0.1, 0.15) is 40.7 Å². The van der Waals surface area contributed by atoms with Crippen LogP contribution in [0, 0.1) is 13.8 Å². The molecule has 1 fully saturated rings. The molecule has 0 bridgehead atoms. The number of hydrogen-bond acceptors (Lipinski definition) is 4. The van der Waals surface area contributed by atoms with Crippen LogP contribution in [0.15, 0.2) is 42.5 Å². The lowest BCUT2D eigenvalue weighted by Gasteiger charge is -2.14. The van der Waals surface area contributed by atoms with Crippen molar-refractivity contribution in [1.29, 1.82) is 0 Å². The third-order valence-electron chi connectivity index (χ3n) is 4.89. The maximum atomic E-state index is 12.5. The van der Waals surface area contributed by atoms with Gasteiger partial charge in [-0.3, -0.25) is 9.59 Å². The molecule has 154 valence electrons. The van der Waals surface area contributed by atoms with Gasteiger partial charge in [-0.2, -0.15) is 0 Å². The molecular weight excluding hydrogens is 368 g/mol. The third-order valence-corrected chi connectivity index (χ3v) is 4.89. The number of amides is 2. The van der Waals surface area contributed by atoms with Crippen LogP contribution in [-0.2, 0) is 9.53 Å². The van der Waals surface area contributed by atoms with Crippen LogP contribution in [0.3, 0.4) is 0 Å². The molecular formula is C23H28N2O4. The van der Waals surface area contributed by atoms with Crippen LogP contribution >= 0.6 is 0 Å². The first kappa shape index (κ1) is 20.9. The van der Waals surface area contributed by atoms with Crippen LogP contribution < -0.4 is 15.4 Å². The van der Waals surface area contributed by atoms with Gasteiger partial charge in [0.25, 0.3) is 5.91 Å². The van der Waals surface area contributed by atoms with Gasteiger partial charge in [-0.15, -0.1) is 0 Å². The van der Waals surface area contributed by atoms with E-state index in [0.717, 1.165) is 36.3 Å². The zero-order valence-corrected chi connectivity index (χ0v) is 17.0. The summed E-state index contributed by atoms with van der Waals surface area (Å²) in [7, 11) is 0. The van der Waals surface area contributed by atoms with Crippen molar-refractivity contribution in [2.45, 2.75) is 39.2 Å². The van der Waals surface area contributed by atoms with Crippen LogP contribution in [0.5, 0.6) is 5.75 Å². The fraction of sp³-hybridized carbons (Fsp3) is 0.391. The zero-order valence-electron chi connectivity index (χ0n) is 17.0. The minimum absolute atomic E-state index is 0.0722. The maximum absolute atomic E-state index is 12.5. The number of carbonyl (C=O) groups is 2. The highest BCUT2D eigenvalue weighted by molar-refractivity contribution is 6.03. The van der Waals surface area contributed by atoms with Crippen molar-refractivity contribution >= 4 is 17.5 Å². The Morgan fingerprint density at radius 1 is 1.17 bits per heavy atom. The molecule has 1 heterocycles. The van der Waals surface area contributed by atoms with Crippen molar-refractivity contribution in [2.75, 3.05) is 25.1 Å². The zero-order chi connectivity index (χ0) is 20.6. The number of nitrogens with one attached hydrogen (secondary N) is 2. The molecule has 6 heteroatoms. The molecule has 1 aliphatic rings. The van der Waals surface area contributed by atoms with Crippen LogP contribution in [0.2, 0.25) is 0 Å². The molecule has 0 saturated carbocycles. The molecule has 2 aromatic rings. The number of anilines is 1. The Bertz CT molecular complexity index is 860. The Morgan fingerprint density at radius 2 is 2.00 bits per heavy atom. The van der Waals surface area contributed by atoms with E-state index in [1.165, 1.54) is 0 Å². The highest BCUT2D eigenvalue weighted by Crippen LogP contribution is 2.20. The SMILES string of the molecule is Cc1ccc(C)c(OCCC(=O)Nc2ccccc2C(=O)NC[C@@H]2CCCO2)c1. The van der Waals surface area contributed by atoms with Gasteiger partial charge >= 0.3 is 0 Å². The molecule has 2 aromatic carbocycles. The topological polar surface area (TPSA) is 76.7 Å². The molecule has 29 heavy (non-hydrogen) atoms. The smallest absolute Gasteiger partial charge is 0.253 e. The molecule has 3 rings (SSSR count). The summed E-state index contributed by atoms with van der Waals surface area (Å²) in [4.78, 5) is 24.9. The summed E-state index contributed by atoms with van der Waals surface area (Å²) in [6.45, 7) is 5.46. The van der Waals surface area contributed by atoms with Gasteiger partial charge in [-0.05, 0) is 56.0 Å². The van der Waals surface area contributed by atoms with Gasteiger partial charge in [0.1, 0.15) is 5.75 Å². The average Bonchev–Trinajstić information content (AvgIpc) is 3.23. The Labute approximate surface area is 171 Å². The summed E-state index contributed by atoms with van der Waals surface area (Å²) in [5.41, 5.74) is 3.07. The standard InChI is InChI=1S/C23H28N2O4/c1-16-9-10-17(2)21(14-16)29-13-11-22(26)25-20-8-4-3-7-19(20)23(27)24-15-18-6-5-12-28-18/h3-4,7-10,14,18H,5-6,11-13,15H2,1-2H3,(H,24,27)(H,25,26)/t18-/m0/s1. The Hall–Kier alpha value is -2.86. The van der Waals surface area contributed by atoms with Gasteiger partial charge < -0.3 is 20.1 Å². The number of benzene rings is 2. The summed E-state index contributed by atoms with van der Waals surface area (Å²) in [6.07, 6.45) is 2.25. The quantitative estimate of drug-likeness (QED) is 0.715. The minimum atomic E-state index is -0.219. The highest BCUT2D eigenvalue weighted by Gasteiger charge is 2.18. The molecule has 0 aromatic heterocycles. The van der Waals surface area contributed by atoms with E-state index in [2.05, 4.69) is 10.6 Å². The molecule has 6 nitrogen and oxygen atoms in total. The third kappa shape index (κ3) is 6.06. The van der Waals surface area contributed by atoms with E-state index < -0.39 is 0 Å². The molecule has 2 amide bonds. The van der Waals surface area contributed by atoms with E-state index in [1.807, 2.05) is 32.0 Å². The Balaban J connectivity index is 1.52. The highest BCUT2D eigenvalue weighted by atomic mass is 16.5. The lowest BCUT2D eigenvalue weighted by Crippen LogP contribution is -2.32. The van der Waals surface area contributed by atoms with Crippen LogP contribution in [0.25, 0.3) is 0 Å². The first-order valence-corrected chi connectivity index (χ1v) is 10.0. The first-order chi connectivity index (χ1) is 14.0. The van der Waals surface area contributed by atoms with Crippen LogP contribution in [-0.4, -0.2) is 37.7 Å². The Morgan fingerprint density at radius 3 is 2.79 bits per heavy atom. The maximum Gasteiger partial charge on any atom is 0.253 e. The van der Waals surface area contributed by atoms with Gasteiger partial charge in [-0.1, -0.05) is 24.3 Å². The molecule has 0 spiro atoms. The van der Waals surface area contributed by atoms with Crippen molar-refractivity contribution in [3.05, 3.63) is 59.2 Å². The predicted octanol–water partition coefficient (Wildman–Crippen LogP) is 3.62. The lowest BCUT2D eigenvalue weighted by atomic mass is 10.1. The van der Waals surface area contributed by atoms with Crippen molar-refractivity contribution in [1.82, 2.24) is 5.32 Å². The minimum Gasteiger partial charge on any atom is -0.493 e. The first-order valence-electron chi connectivity index (χ1n) is 10.0. The molecule has 1 atom stereocenters. The lowest BCUT2D eigenvalue weighted by molar-refractivity contribution is -0.116. The van der Waals surface area contributed by atoms with E-state index in [4.69, 9.17) is 9.47 Å². The number of ether oxygens (including phenoxy) is 2. The van der Waals surface area contributed by atoms with Crippen molar-refractivity contribution < 1.29 is 19.1 Å². The van der Waals surface area contributed by atoms with E-state index in [1.54, 1.807) is 24.3 Å². The normalized spacial score (nSPS) is 15.7. The molecule has 0 radical (unpaired) electrons. The molecule has 0 aliphatic carbocycles. The van der Waals surface area contributed by atoms with E-state index in [0.29, 0.717) is 17.8 Å². The van der Waals surface area contributed by atoms with E-state index in [-0.39, 0.29) is 30.9 Å². The van der Waals surface area contributed by atoms with Gasteiger partial charge in [0.15, 0.2) is 0 Å². The monoisotopic (exact) mass is 396 g/mol. The molecule has 0 unspecified atom stereocenters. The largest absolute Gasteiger partial charge is 0.493 e. The van der Waals surface area contributed by atoms with Gasteiger partial charge in [0.2, 0.25) is 5.91 Å². The summed E-state index contributed by atoms with van der Waals surface area (Å²) in [5, 5.41) is 5.71. The summed E-state index contributed by atoms with van der Waals surface area (Å²) in [6, 6.07) is 13.0. The fourth-order valence-corrected chi connectivity index (χ4v) is 3.23. The average molecular weight is 396 g/mol. The Kier molecular flexibility index (Phi) is 7.25. The van der Waals surface area contributed by atoms with Crippen molar-refractivity contribution in [3.8, 4) is 5.75 Å². The molecule has 2 N–H and O–H groups in total. The predicted molar refractivity (Wildman–Crippen MR) is 112 cm³/mol. The summed E-state index contributed by atoms with van der Waals surface area (Å²) >= 11 is 0. The second-order valence-corrected chi connectivity index (χ2v) is 7.31. The number of carbonyl (C=O) groups excluding carboxylic acids is 2. The van der Waals surface area contributed by atoms with Crippen LogP contribution in [0.4, 0.5) is 5.69 Å². The fourth-order valence-electron chi connectivity index (χ4n) is 3.23. The van der Waals surface area contributed by atoms with Crippen molar-refractivity contribution in [2.24, 2.45) is 0 Å². The summed E-state index contributed by atoms with van der Waals surface area (Å²) < 4.78 is 11.3. The number of para-hydroxylation sites is 1. The molecule has 1 saturated heterocycles. The van der Waals surface area contributed by atoms with E-state index in [9.17, 15) is 9.59 Å². The van der Waals surface area contributed by atoms with Gasteiger partial charge in [0, 0.05) is 13.2 Å². The number of rotatable bonds is 8. The summed E-state index contributed by atoms with van der Waals surface area (Å²) in [5.74, 6) is 0.365. The van der Waals surface area contributed by atoms with Crippen molar-refractivity contribution in [3.63, 3.8) is 0 Å². The van der Waals surface area contributed by atoms with Gasteiger partial charge in [0.05, 0.1) is 30.4 Å². The number of aryl methyl sites for hydroxylation is 2. The van der Waals surface area contributed by atoms with Gasteiger partial charge in [-0.25, -0.2) is 0 Å². The second kappa shape index (κ2) is 10.1. The number of hydrogen-bond donors (Lipinski definition) is 2. The second-order valence-electron chi connectivity index (χ2n) is 7.31.